The highest BCUT2D eigenvalue weighted by atomic mass is 32.2. The molecule has 0 amide bonds. The number of allylic oxidation sites excluding steroid dienone is 1. The summed E-state index contributed by atoms with van der Waals surface area (Å²) in [6.07, 6.45) is 8.77. The van der Waals surface area contributed by atoms with Crippen LogP contribution in [0.25, 0.3) is 0 Å². The van der Waals surface area contributed by atoms with Crippen molar-refractivity contribution in [1.82, 2.24) is 9.71 Å². The maximum atomic E-state index is 11.9. The van der Waals surface area contributed by atoms with Gasteiger partial charge in [0.15, 0.2) is 0 Å². The number of aromatic amines is 1. The summed E-state index contributed by atoms with van der Waals surface area (Å²) in [6.45, 7) is 0.336. The SMILES string of the molecule is O=c1cc[nH]cc1S(=O)(=O)NCCC1=CCCC1. The van der Waals surface area contributed by atoms with Gasteiger partial charge in [0.05, 0.1) is 0 Å². The first-order valence-electron chi connectivity index (χ1n) is 5.94. The predicted molar refractivity (Wildman–Crippen MR) is 68.8 cm³/mol. The molecule has 1 heterocycles. The summed E-state index contributed by atoms with van der Waals surface area (Å²) in [4.78, 5) is 13.8. The van der Waals surface area contributed by atoms with Gasteiger partial charge in [0.25, 0.3) is 0 Å². The van der Waals surface area contributed by atoms with Gasteiger partial charge in [-0.3, -0.25) is 4.79 Å². The molecular weight excluding hydrogens is 252 g/mol. The zero-order valence-electron chi connectivity index (χ0n) is 9.98. The fourth-order valence-electron chi connectivity index (χ4n) is 2.00. The van der Waals surface area contributed by atoms with Crippen LogP contribution in [0, 0.1) is 0 Å². The zero-order chi connectivity index (χ0) is 13.0. The molecule has 98 valence electrons. The molecule has 1 aromatic rings. The number of nitrogens with one attached hydrogen (secondary N) is 2. The molecule has 0 atom stereocenters. The van der Waals surface area contributed by atoms with E-state index in [4.69, 9.17) is 0 Å². The molecule has 0 saturated heterocycles. The highest BCUT2D eigenvalue weighted by molar-refractivity contribution is 7.89. The van der Waals surface area contributed by atoms with Crippen molar-refractivity contribution in [2.45, 2.75) is 30.6 Å². The lowest BCUT2D eigenvalue weighted by Gasteiger charge is -2.06. The van der Waals surface area contributed by atoms with E-state index < -0.39 is 15.5 Å². The van der Waals surface area contributed by atoms with Gasteiger partial charge < -0.3 is 4.98 Å². The summed E-state index contributed by atoms with van der Waals surface area (Å²) >= 11 is 0. The Balaban J connectivity index is 2.00. The molecule has 5 nitrogen and oxygen atoms in total. The highest BCUT2D eigenvalue weighted by Crippen LogP contribution is 2.19. The van der Waals surface area contributed by atoms with Gasteiger partial charge in [-0.05, 0) is 25.7 Å². The molecule has 2 rings (SSSR count). The Morgan fingerprint density at radius 3 is 2.89 bits per heavy atom. The first kappa shape index (κ1) is 13.0. The fourth-order valence-corrected chi connectivity index (χ4v) is 3.08. The number of hydrogen-bond donors (Lipinski definition) is 2. The molecule has 0 radical (unpaired) electrons. The molecule has 0 spiro atoms. The Hall–Kier alpha value is -1.40. The third-order valence-electron chi connectivity index (χ3n) is 2.95. The summed E-state index contributed by atoms with van der Waals surface area (Å²) < 4.78 is 26.2. The topological polar surface area (TPSA) is 79.0 Å². The number of aromatic nitrogens is 1. The molecule has 0 fully saturated rings. The van der Waals surface area contributed by atoms with E-state index >= 15 is 0 Å². The Bertz CT molecular complexity index is 602. The Labute approximate surface area is 106 Å². The molecule has 0 bridgehead atoms. The van der Waals surface area contributed by atoms with E-state index in [1.54, 1.807) is 0 Å². The summed E-state index contributed by atoms with van der Waals surface area (Å²) in [5.41, 5.74) is 0.793. The fraction of sp³-hybridized carbons (Fsp3) is 0.417. The lowest BCUT2D eigenvalue weighted by atomic mass is 10.2. The Kier molecular flexibility index (Phi) is 3.98. The summed E-state index contributed by atoms with van der Waals surface area (Å²) in [6, 6.07) is 1.20. The van der Waals surface area contributed by atoms with E-state index in [1.165, 1.54) is 24.0 Å². The maximum absolute atomic E-state index is 11.9. The van der Waals surface area contributed by atoms with E-state index in [0.29, 0.717) is 13.0 Å². The van der Waals surface area contributed by atoms with Crippen molar-refractivity contribution in [2.24, 2.45) is 0 Å². The van der Waals surface area contributed by atoms with Gasteiger partial charge in [-0.1, -0.05) is 11.6 Å². The van der Waals surface area contributed by atoms with E-state index in [-0.39, 0.29) is 4.90 Å². The summed E-state index contributed by atoms with van der Waals surface area (Å²) in [5, 5.41) is 0. The minimum Gasteiger partial charge on any atom is -0.366 e. The Morgan fingerprint density at radius 2 is 2.22 bits per heavy atom. The average molecular weight is 268 g/mol. The van der Waals surface area contributed by atoms with Crippen LogP contribution in [0.5, 0.6) is 0 Å². The largest absolute Gasteiger partial charge is 0.366 e. The molecule has 18 heavy (non-hydrogen) atoms. The second-order valence-corrected chi connectivity index (χ2v) is 6.01. The van der Waals surface area contributed by atoms with Crippen LogP contribution in [0.1, 0.15) is 25.7 Å². The summed E-state index contributed by atoms with van der Waals surface area (Å²) in [5.74, 6) is 0. The molecule has 0 unspecified atom stereocenters. The van der Waals surface area contributed by atoms with Crippen molar-refractivity contribution in [3.05, 3.63) is 40.3 Å². The minimum atomic E-state index is -3.70. The number of rotatable bonds is 5. The van der Waals surface area contributed by atoms with E-state index in [0.717, 1.165) is 19.3 Å². The molecule has 0 saturated carbocycles. The molecule has 1 aliphatic carbocycles. The van der Waals surface area contributed by atoms with E-state index in [9.17, 15) is 13.2 Å². The lowest BCUT2D eigenvalue weighted by molar-refractivity contribution is 0.580. The normalized spacial score (nSPS) is 15.7. The van der Waals surface area contributed by atoms with Crippen molar-refractivity contribution in [3.8, 4) is 0 Å². The smallest absolute Gasteiger partial charge is 0.245 e. The van der Waals surface area contributed by atoms with Crippen molar-refractivity contribution < 1.29 is 8.42 Å². The Morgan fingerprint density at radius 1 is 1.39 bits per heavy atom. The van der Waals surface area contributed by atoms with Gasteiger partial charge in [-0.15, -0.1) is 0 Å². The van der Waals surface area contributed by atoms with Crippen LogP contribution in [0.2, 0.25) is 0 Å². The average Bonchev–Trinajstić information content (AvgIpc) is 2.82. The van der Waals surface area contributed by atoms with Crippen LogP contribution in [0.15, 0.2) is 39.8 Å². The predicted octanol–water partition coefficient (Wildman–Crippen LogP) is 1.15. The van der Waals surface area contributed by atoms with Gasteiger partial charge >= 0.3 is 0 Å². The third kappa shape index (κ3) is 3.08. The number of sulfonamides is 1. The van der Waals surface area contributed by atoms with Gasteiger partial charge in [0, 0.05) is 25.0 Å². The molecule has 0 aliphatic heterocycles. The molecule has 1 aliphatic rings. The van der Waals surface area contributed by atoms with Crippen molar-refractivity contribution in [3.63, 3.8) is 0 Å². The van der Waals surface area contributed by atoms with Crippen LogP contribution in [0.3, 0.4) is 0 Å². The first-order valence-corrected chi connectivity index (χ1v) is 7.42. The van der Waals surface area contributed by atoms with Gasteiger partial charge in [-0.25, -0.2) is 13.1 Å². The van der Waals surface area contributed by atoms with Crippen molar-refractivity contribution in [2.75, 3.05) is 6.54 Å². The quantitative estimate of drug-likeness (QED) is 0.786. The zero-order valence-corrected chi connectivity index (χ0v) is 10.8. The lowest BCUT2D eigenvalue weighted by Crippen LogP contribution is -2.29. The van der Waals surface area contributed by atoms with Gasteiger partial charge in [-0.2, -0.15) is 0 Å². The molecule has 0 aromatic carbocycles. The first-order chi connectivity index (χ1) is 8.59. The van der Waals surface area contributed by atoms with Crippen LogP contribution in [-0.4, -0.2) is 19.9 Å². The molecule has 6 heteroatoms. The minimum absolute atomic E-state index is 0.231. The second-order valence-electron chi connectivity index (χ2n) is 4.28. The van der Waals surface area contributed by atoms with Crippen LogP contribution >= 0.6 is 0 Å². The number of H-pyrrole nitrogens is 1. The third-order valence-corrected chi connectivity index (χ3v) is 4.43. The van der Waals surface area contributed by atoms with E-state index in [1.807, 2.05) is 0 Å². The molecule has 2 N–H and O–H groups in total. The number of pyridine rings is 1. The summed E-state index contributed by atoms with van der Waals surface area (Å²) in [7, 11) is -3.70. The van der Waals surface area contributed by atoms with Crippen LogP contribution in [0.4, 0.5) is 0 Å². The number of hydrogen-bond acceptors (Lipinski definition) is 3. The van der Waals surface area contributed by atoms with Crippen LogP contribution in [-0.2, 0) is 10.0 Å². The maximum Gasteiger partial charge on any atom is 0.245 e. The standard InChI is InChI=1S/C12H16N2O3S/c15-11-6-7-13-9-12(11)18(16,17)14-8-5-10-3-1-2-4-10/h3,6-7,9,14H,1-2,4-5,8H2,(H,13,15). The molecule has 1 aromatic heterocycles. The van der Waals surface area contributed by atoms with Crippen molar-refractivity contribution in [1.29, 1.82) is 0 Å². The van der Waals surface area contributed by atoms with E-state index in [2.05, 4.69) is 15.8 Å². The van der Waals surface area contributed by atoms with Gasteiger partial charge in [0.1, 0.15) is 4.90 Å². The molecular formula is C12H16N2O3S. The van der Waals surface area contributed by atoms with Gasteiger partial charge in [0.2, 0.25) is 15.5 Å². The van der Waals surface area contributed by atoms with Crippen molar-refractivity contribution >= 4 is 10.0 Å². The van der Waals surface area contributed by atoms with Crippen LogP contribution < -0.4 is 10.2 Å². The second kappa shape index (κ2) is 5.49. The monoisotopic (exact) mass is 268 g/mol. The highest BCUT2D eigenvalue weighted by Gasteiger charge is 2.17.